The van der Waals surface area contributed by atoms with E-state index >= 15 is 0 Å². The predicted molar refractivity (Wildman–Crippen MR) is 9.37 cm³/mol. The summed E-state index contributed by atoms with van der Waals surface area (Å²) in [6, 6.07) is 0. The third-order valence-electron chi connectivity index (χ3n) is 0. The molecule has 0 heterocycles. The molecule has 0 fully saturated rings. The van der Waals surface area contributed by atoms with E-state index in [4.69, 9.17) is 9.32 Å². The maximum atomic E-state index is 8.35. The van der Waals surface area contributed by atoms with Crippen LogP contribution in [0.5, 0.6) is 0 Å². The van der Waals surface area contributed by atoms with Crippen molar-refractivity contribution in [2.24, 2.45) is 0 Å². The largest absolute Gasteiger partial charge is 0.506 e. The fourth-order valence-corrected chi connectivity index (χ4v) is 0. The Morgan fingerprint density at radius 1 is 1.60 bits per heavy atom. The van der Waals surface area contributed by atoms with Gasteiger partial charge >= 0.3 is 40.9 Å². The van der Waals surface area contributed by atoms with Gasteiger partial charge in [0.15, 0.2) is 0 Å². The Hall–Kier alpha value is 1.73. The first-order valence-corrected chi connectivity index (χ1v) is 0.970. The van der Waals surface area contributed by atoms with Gasteiger partial charge in [0.1, 0.15) is 0 Å². The smallest absolute Gasteiger partial charge is 0.327 e. The van der Waals surface area contributed by atoms with Gasteiger partial charge < -0.3 is 4.66 Å². The van der Waals surface area contributed by atoms with Crippen molar-refractivity contribution in [2.45, 2.75) is 0 Å². The van der Waals surface area contributed by atoms with Gasteiger partial charge in [-0.25, -0.2) is 0 Å². The second-order valence-corrected chi connectivity index (χ2v) is 0.207. The molecule has 0 aliphatic heterocycles. The fraction of sp³-hybridized carbons (Fsp3) is 0. The minimum atomic E-state index is -0.167. The van der Waals surface area contributed by atoms with Crippen molar-refractivity contribution in [2.75, 3.05) is 0 Å². The Labute approximate surface area is 66.8 Å². The molecule has 5 heavy (non-hydrogen) atoms. The number of halogens is 1. The first-order chi connectivity index (χ1) is 1.41. The van der Waals surface area contributed by atoms with Crippen molar-refractivity contribution >= 4 is 29.6 Å². The molecule has 0 radical (unpaired) electrons. The van der Waals surface area contributed by atoms with Crippen LogP contribution in [0.2, 0.25) is 0 Å². The first kappa shape index (κ1) is 15.9. The second-order valence-electron chi connectivity index (χ2n) is 0.0690. The second kappa shape index (κ2) is 17.2. The van der Waals surface area contributed by atoms with Gasteiger partial charge in [0.25, 0.3) is 0 Å². The Bertz CT molecular complexity index is 9.61. The van der Waals surface area contributed by atoms with Crippen molar-refractivity contribution < 1.29 is 37.7 Å². The Kier molecular flexibility index (Phi) is 54.6. The van der Waals surface area contributed by atoms with Gasteiger partial charge in [0, 0.05) is 17.1 Å². The standard InChI is InChI=1S/ClHO2.Fe.Na.H/c2-1-3;;;/h2H;;;. The fourth-order valence-electron chi connectivity index (χ4n) is 0. The van der Waals surface area contributed by atoms with Gasteiger partial charge in [0.2, 0.25) is 0 Å². The normalized spacial score (nSPS) is 3.60. The molecule has 30 valence electrons. The van der Waals surface area contributed by atoms with E-state index < -0.39 is 0 Å². The van der Waals surface area contributed by atoms with Crippen LogP contribution in [-0.4, -0.2) is 34.2 Å². The van der Waals surface area contributed by atoms with Crippen LogP contribution in [0.3, 0.4) is 0 Å². The molecule has 0 aromatic heterocycles. The molecule has 0 aromatic carbocycles. The topological polar surface area (TPSA) is 43.3 Å². The van der Waals surface area contributed by atoms with E-state index in [1.807, 2.05) is 0 Å². The van der Waals surface area contributed by atoms with Crippen LogP contribution >= 0.6 is 0 Å². The first-order valence-electron chi connectivity index (χ1n) is 0.323. The number of rotatable bonds is 0. The van der Waals surface area contributed by atoms with Gasteiger partial charge in [-0.3, -0.25) is 0 Å². The molecule has 2 nitrogen and oxygen atoms in total. The van der Waals surface area contributed by atoms with Crippen molar-refractivity contribution in [3.8, 4) is 0 Å². The molecule has 5 heteroatoms. The van der Waals surface area contributed by atoms with Crippen LogP contribution in [0.25, 0.3) is 0 Å². The summed E-state index contributed by atoms with van der Waals surface area (Å²) in [7, 11) is 0. The van der Waals surface area contributed by atoms with Crippen LogP contribution in [-0.2, 0) is 17.1 Å². The average Bonchev–Trinajstić information content (AvgIpc) is 0.918. The summed E-state index contributed by atoms with van der Waals surface area (Å²) in [5.74, 6) is 0. The summed E-state index contributed by atoms with van der Waals surface area (Å²) in [4.78, 5) is 0. The van der Waals surface area contributed by atoms with Crippen LogP contribution in [0.15, 0.2) is 0 Å². The van der Waals surface area contributed by atoms with Gasteiger partial charge in [-0.05, 0) is 0 Å². The molecular weight excluding hydrogens is 146 g/mol. The third-order valence-corrected chi connectivity index (χ3v) is 0. The summed E-state index contributed by atoms with van der Waals surface area (Å²) in [6.45, 7) is 0. The number of hydrogen-bond acceptors (Lipinski definition) is 2. The van der Waals surface area contributed by atoms with E-state index in [2.05, 4.69) is 0 Å². The quantitative estimate of drug-likeness (QED) is 0.389. The monoisotopic (exact) mass is 148 g/mol. The predicted octanol–water partition coefficient (Wildman–Crippen LogP) is -2.40. The third kappa shape index (κ3) is 26.6. The Balaban J connectivity index is -0.0000000200. The molecule has 0 unspecified atom stereocenters. The Morgan fingerprint density at radius 2 is 1.60 bits per heavy atom. The van der Waals surface area contributed by atoms with Gasteiger partial charge in [-0.15, -0.1) is 4.66 Å². The van der Waals surface area contributed by atoms with Crippen LogP contribution < -0.4 is 4.66 Å². The summed E-state index contributed by atoms with van der Waals surface area (Å²) in [5, 5.41) is 0. The van der Waals surface area contributed by atoms with Crippen LogP contribution in [0.4, 0.5) is 0 Å². The van der Waals surface area contributed by atoms with Crippen LogP contribution in [0.1, 0.15) is 0 Å². The molecule has 0 saturated carbocycles. The zero-order valence-electron chi connectivity index (χ0n) is 1.59. The van der Waals surface area contributed by atoms with E-state index in [0.29, 0.717) is 0 Å². The van der Waals surface area contributed by atoms with Crippen molar-refractivity contribution in [1.29, 1.82) is 0 Å². The summed E-state index contributed by atoms with van der Waals surface area (Å²) < 4.78 is 15.2. The van der Waals surface area contributed by atoms with Gasteiger partial charge in [0.05, 0.1) is 0 Å². The van der Waals surface area contributed by atoms with E-state index in [-0.39, 0.29) is 58.0 Å². The zero-order chi connectivity index (χ0) is 2.71. The SMILES string of the molecule is [Fe].[NaH].[O-][Cl+]O. The molecule has 0 rings (SSSR count). The molecule has 0 atom stereocenters. The average molecular weight is 148 g/mol. The molecule has 0 aliphatic carbocycles. The zero-order valence-corrected chi connectivity index (χ0v) is 3.45. The van der Waals surface area contributed by atoms with Crippen molar-refractivity contribution in [1.82, 2.24) is 0 Å². The summed E-state index contributed by atoms with van der Waals surface area (Å²) in [5.41, 5.74) is 0. The van der Waals surface area contributed by atoms with E-state index in [0.717, 1.165) is 0 Å². The maximum Gasteiger partial charge on any atom is 0.327 e. The van der Waals surface area contributed by atoms with Crippen molar-refractivity contribution in [3.63, 3.8) is 0 Å². The maximum absolute atomic E-state index is 8.35. The number of hydrogen-bond donors (Lipinski definition) is 1. The molecule has 0 amide bonds. The van der Waals surface area contributed by atoms with Gasteiger partial charge in [-0.2, -0.15) is 0 Å². The van der Waals surface area contributed by atoms with E-state index in [9.17, 15) is 0 Å². The molecule has 1 N–H and O–H groups in total. The molecule has 0 aromatic rings. The summed E-state index contributed by atoms with van der Waals surface area (Å²) in [6.07, 6.45) is 0. The summed E-state index contributed by atoms with van der Waals surface area (Å²) >= 11 is -0.167. The van der Waals surface area contributed by atoms with Crippen LogP contribution in [0, 0.1) is 11.3 Å². The molecule has 0 aliphatic rings. The molecule has 0 saturated heterocycles. The van der Waals surface area contributed by atoms with Crippen molar-refractivity contribution in [3.05, 3.63) is 0 Å². The molecular formula is H2ClFeNaO2. The Morgan fingerprint density at radius 3 is 1.60 bits per heavy atom. The molecule has 0 bridgehead atoms. The van der Waals surface area contributed by atoms with E-state index in [1.165, 1.54) is 0 Å². The van der Waals surface area contributed by atoms with Gasteiger partial charge in [-0.1, -0.05) is 0 Å². The molecule has 0 spiro atoms. The minimum absolute atomic E-state index is 0. The van der Waals surface area contributed by atoms with E-state index in [1.54, 1.807) is 0 Å². The minimum Gasteiger partial charge on any atom is -0.506 e.